The molecule has 1 amide bonds. The fourth-order valence-electron chi connectivity index (χ4n) is 8.50. The first-order valence-electron chi connectivity index (χ1n) is 20.8. The van der Waals surface area contributed by atoms with Crippen LogP contribution in [0.15, 0.2) is 201 Å². The lowest BCUT2D eigenvalue weighted by molar-refractivity contribution is 0.0993. The maximum absolute atomic E-state index is 14.7. The zero-order chi connectivity index (χ0) is 41.1. The molecule has 0 saturated carbocycles. The van der Waals surface area contributed by atoms with Crippen LogP contribution in [-0.2, 0) is 12.8 Å². The first kappa shape index (κ1) is 37.5. The lowest BCUT2D eigenvalue weighted by Gasteiger charge is -2.20. The summed E-state index contributed by atoms with van der Waals surface area (Å²) in [5, 5.41) is 0. The molecule has 0 atom stereocenters. The van der Waals surface area contributed by atoms with Crippen molar-refractivity contribution >= 4 is 11.6 Å². The Bertz CT molecular complexity index is 2850. The molecule has 0 N–H and O–H groups in total. The molecule has 9 aromatic rings. The topological polar surface area (TPSA) is 59.0 Å². The van der Waals surface area contributed by atoms with Crippen molar-refractivity contribution < 1.29 is 4.79 Å². The summed E-state index contributed by atoms with van der Waals surface area (Å²) >= 11 is 0. The molecular formula is C56H42N4O. The van der Waals surface area contributed by atoms with E-state index < -0.39 is 0 Å². The molecule has 1 aliphatic rings. The summed E-state index contributed by atoms with van der Waals surface area (Å²) in [6.45, 7) is 0. The van der Waals surface area contributed by atoms with Gasteiger partial charge in [-0.2, -0.15) is 0 Å². The Kier molecular flexibility index (Phi) is 10.1. The van der Waals surface area contributed by atoms with Crippen LogP contribution in [0.4, 0.5) is 5.69 Å². The Morgan fingerprint density at radius 3 is 1.38 bits per heavy atom. The molecule has 10 rings (SSSR count). The quantitative estimate of drug-likeness (QED) is 0.146. The number of aromatic nitrogens is 3. The average Bonchev–Trinajstić information content (AvgIpc) is 3.83. The number of anilines is 1. The van der Waals surface area contributed by atoms with Gasteiger partial charge in [-0.15, -0.1) is 0 Å². The second kappa shape index (κ2) is 16.5. The minimum absolute atomic E-state index is 0.132. The van der Waals surface area contributed by atoms with Gasteiger partial charge in [-0.25, -0.2) is 0 Å². The fourth-order valence-corrected chi connectivity index (χ4v) is 8.50. The third-order valence-electron chi connectivity index (χ3n) is 11.8. The molecule has 0 bridgehead atoms. The van der Waals surface area contributed by atoms with Gasteiger partial charge >= 0.3 is 0 Å². The molecule has 61 heavy (non-hydrogen) atoms. The van der Waals surface area contributed by atoms with E-state index in [2.05, 4.69) is 109 Å². The Morgan fingerprint density at radius 1 is 0.410 bits per heavy atom. The van der Waals surface area contributed by atoms with Crippen LogP contribution in [0.1, 0.15) is 27.9 Å². The lowest BCUT2D eigenvalue weighted by atomic mass is 9.89. The number of benzene rings is 6. The normalized spacial score (nSPS) is 11.9. The molecule has 5 heteroatoms. The summed E-state index contributed by atoms with van der Waals surface area (Å²) in [5.74, 6) is -0.132. The smallest absolute Gasteiger partial charge is 0.258 e. The van der Waals surface area contributed by atoms with E-state index in [1.165, 1.54) is 17.5 Å². The summed E-state index contributed by atoms with van der Waals surface area (Å²) in [5.41, 5.74) is 18.0. The van der Waals surface area contributed by atoms with Crippen molar-refractivity contribution in [2.24, 2.45) is 0 Å². The highest BCUT2D eigenvalue weighted by Crippen LogP contribution is 2.39. The van der Waals surface area contributed by atoms with E-state index in [0.29, 0.717) is 5.56 Å². The summed E-state index contributed by atoms with van der Waals surface area (Å²) in [4.78, 5) is 31.0. The molecule has 0 saturated heterocycles. The zero-order valence-electron chi connectivity index (χ0n) is 33.9. The largest absolute Gasteiger partial charge is 0.310 e. The Hall–Kier alpha value is -7.76. The van der Waals surface area contributed by atoms with Crippen LogP contribution in [0, 0.1) is 0 Å². The molecule has 0 aliphatic heterocycles. The van der Waals surface area contributed by atoms with Crippen molar-refractivity contribution in [1.82, 2.24) is 15.0 Å². The van der Waals surface area contributed by atoms with E-state index in [0.717, 1.165) is 96.8 Å². The van der Waals surface area contributed by atoms with Crippen molar-refractivity contribution in [1.29, 1.82) is 0 Å². The van der Waals surface area contributed by atoms with Gasteiger partial charge in [0.05, 0.1) is 29.0 Å². The van der Waals surface area contributed by atoms with Crippen LogP contribution < -0.4 is 4.90 Å². The fraction of sp³-hybridized carbons (Fsp3) is 0.0714. The van der Waals surface area contributed by atoms with Gasteiger partial charge in [0.2, 0.25) is 0 Å². The molecule has 0 spiro atoms. The van der Waals surface area contributed by atoms with Crippen LogP contribution in [0.5, 0.6) is 0 Å². The molecule has 0 fully saturated rings. The molecular weight excluding hydrogens is 745 g/mol. The van der Waals surface area contributed by atoms with Crippen LogP contribution in [-0.4, -0.2) is 27.9 Å². The Morgan fingerprint density at radius 2 is 0.869 bits per heavy atom. The number of hydrogen-bond acceptors (Lipinski definition) is 4. The van der Waals surface area contributed by atoms with Gasteiger partial charge in [0.15, 0.2) is 0 Å². The number of pyridine rings is 3. The minimum Gasteiger partial charge on any atom is -0.310 e. The van der Waals surface area contributed by atoms with Gasteiger partial charge in [0, 0.05) is 52.8 Å². The van der Waals surface area contributed by atoms with Crippen molar-refractivity contribution in [3.8, 4) is 78.3 Å². The molecule has 292 valence electrons. The Balaban J connectivity index is 1.05. The number of carbonyl (C=O) groups is 1. The van der Waals surface area contributed by atoms with Gasteiger partial charge in [0.25, 0.3) is 5.91 Å². The molecule has 0 radical (unpaired) electrons. The number of nitrogens with zero attached hydrogens (tertiary/aromatic N) is 4. The van der Waals surface area contributed by atoms with Gasteiger partial charge in [-0.1, -0.05) is 133 Å². The van der Waals surface area contributed by atoms with E-state index in [1.807, 2.05) is 92.2 Å². The second-order valence-corrected chi connectivity index (χ2v) is 15.6. The van der Waals surface area contributed by atoms with Crippen molar-refractivity contribution in [3.05, 3.63) is 217 Å². The summed E-state index contributed by atoms with van der Waals surface area (Å²) < 4.78 is 0. The highest BCUT2D eigenvalue weighted by Gasteiger charge is 2.20. The molecule has 1 aliphatic carbocycles. The van der Waals surface area contributed by atoms with Crippen LogP contribution in [0.2, 0.25) is 0 Å². The van der Waals surface area contributed by atoms with Gasteiger partial charge in [-0.05, 0) is 112 Å². The second-order valence-electron chi connectivity index (χ2n) is 15.6. The summed E-state index contributed by atoms with van der Waals surface area (Å²) in [6.07, 6.45) is 9.14. The number of hydrogen-bond donors (Lipinski definition) is 0. The third kappa shape index (κ3) is 7.66. The maximum atomic E-state index is 14.7. The first-order valence-corrected chi connectivity index (χ1v) is 20.8. The highest BCUT2D eigenvalue weighted by atomic mass is 16.2. The van der Waals surface area contributed by atoms with Crippen LogP contribution in [0.25, 0.3) is 78.3 Å². The number of rotatable bonds is 9. The lowest BCUT2D eigenvalue weighted by Crippen LogP contribution is -2.26. The first-order chi connectivity index (χ1) is 30.1. The van der Waals surface area contributed by atoms with E-state index in [9.17, 15) is 4.79 Å². The number of amides is 1. The minimum atomic E-state index is -0.132. The van der Waals surface area contributed by atoms with Crippen molar-refractivity contribution in [3.63, 3.8) is 0 Å². The van der Waals surface area contributed by atoms with E-state index in [-0.39, 0.29) is 5.91 Å². The molecule has 5 nitrogen and oxygen atoms in total. The molecule has 3 aromatic heterocycles. The maximum Gasteiger partial charge on any atom is 0.258 e. The summed E-state index contributed by atoms with van der Waals surface area (Å²) in [6, 6.07) is 62.4. The molecule has 6 aromatic carbocycles. The zero-order valence-corrected chi connectivity index (χ0v) is 33.9. The standard InChI is InChI=1S/C56H42N4O/c1-60(48-27-30-55(59-37-48)42-24-23-38-17-12-18-41(38)31-42)56(61)47-33-45(51-21-10-8-19-49(51)43-25-28-53(57-35-43)39-13-4-2-5-14-39)32-46(34-47)52-22-11-9-20-50(52)44-26-29-54(58-36-44)40-15-6-3-7-16-40/h2-11,13-16,19-37H,12,17-18H2,1H3. The predicted octanol–water partition coefficient (Wildman–Crippen LogP) is 13.3. The molecule has 3 heterocycles. The van der Waals surface area contributed by atoms with E-state index in [1.54, 1.807) is 11.1 Å². The van der Waals surface area contributed by atoms with E-state index in [4.69, 9.17) is 15.0 Å². The van der Waals surface area contributed by atoms with Crippen molar-refractivity contribution in [2.45, 2.75) is 19.3 Å². The third-order valence-corrected chi connectivity index (χ3v) is 11.8. The average molecular weight is 787 g/mol. The number of fused-ring (bicyclic) bond motifs is 1. The van der Waals surface area contributed by atoms with Crippen molar-refractivity contribution in [2.75, 3.05) is 11.9 Å². The summed E-state index contributed by atoms with van der Waals surface area (Å²) in [7, 11) is 1.82. The highest BCUT2D eigenvalue weighted by molar-refractivity contribution is 6.08. The Labute approximate surface area is 356 Å². The van der Waals surface area contributed by atoms with Crippen LogP contribution >= 0.6 is 0 Å². The van der Waals surface area contributed by atoms with Gasteiger partial charge in [0.1, 0.15) is 0 Å². The SMILES string of the molecule is CN(C(=O)c1cc(-c2ccccc2-c2ccc(-c3ccccc3)nc2)cc(-c2ccccc2-c2ccc(-c3ccccc3)nc2)c1)c1ccc(-c2ccc3c(c2)CCC3)nc1. The number of carbonyl (C=O) groups excluding carboxylic acids is 1. The van der Waals surface area contributed by atoms with Crippen LogP contribution in [0.3, 0.4) is 0 Å². The molecule has 0 unspecified atom stereocenters. The van der Waals surface area contributed by atoms with Gasteiger partial charge < -0.3 is 4.90 Å². The van der Waals surface area contributed by atoms with Gasteiger partial charge in [-0.3, -0.25) is 19.7 Å². The monoisotopic (exact) mass is 786 g/mol. The predicted molar refractivity (Wildman–Crippen MR) is 249 cm³/mol. The number of aryl methyl sites for hydroxylation is 2. The van der Waals surface area contributed by atoms with E-state index >= 15 is 0 Å².